The van der Waals surface area contributed by atoms with Gasteiger partial charge in [0.05, 0.1) is 5.54 Å². The first-order valence-corrected chi connectivity index (χ1v) is 7.81. The summed E-state index contributed by atoms with van der Waals surface area (Å²) in [6.45, 7) is 12.0. The van der Waals surface area contributed by atoms with Crippen molar-refractivity contribution in [3.05, 3.63) is 29.8 Å². The normalized spacial score (nSPS) is 12.2. The van der Waals surface area contributed by atoms with Gasteiger partial charge in [-0.25, -0.2) is 0 Å². The molecule has 0 aromatic heterocycles. The molecule has 0 spiro atoms. The number of rotatable bonds is 7. The summed E-state index contributed by atoms with van der Waals surface area (Å²) >= 11 is 0. The Hall–Kier alpha value is -1.02. The van der Waals surface area contributed by atoms with Crippen molar-refractivity contribution in [2.45, 2.75) is 53.0 Å². The van der Waals surface area contributed by atoms with E-state index >= 15 is 0 Å². The van der Waals surface area contributed by atoms with Crippen LogP contribution in [-0.4, -0.2) is 19.1 Å². The van der Waals surface area contributed by atoms with Crippen LogP contribution in [-0.2, 0) is 0 Å². The monoisotopic (exact) mass is 276 g/mol. The van der Waals surface area contributed by atoms with Gasteiger partial charge in [-0.2, -0.15) is 0 Å². The van der Waals surface area contributed by atoms with E-state index < -0.39 is 0 Å². The Bertz CT molecular complexity index is 382. The summed E-state index contributed by atoms with van der Waals surface area (Å²) in [7, 11) is 2.20. The maximum absolute atomic E-state index is 6.23. The molecule has 0 atom stereocenters. The van der Waals surface area contributed by atoms with Gasteiger partial charge >= 0.3 is 0 Å². The first-order valence-electron chi connectivity index (χ1n) is 7.81. The molecule has 0 heterocycles. The van der Waals surface area contributed by atoms with Crippen molar-refractivity contribution >= 4 is 5.69 Å². The van der Waals surface area contributed by atoms with Crippen LogP contribution >= 0.6 is 0 Å². The van der Waals surface area contributed by atoms with E-state index in [0.717, 1.165) is 12.8 Å². The lowest BCUT2D eigenvalue weighted by atomic mass is 9.80. The van der Waals surface area contributed by atoms with Crippen molar-refractivity contribution in [3.63, 3.8) is 0 Å². The van der Waals surface area contributed by atoms with E-state index in [2.05, 4.69) is 70.8 Å². The molecule has 0 radical (unpaired) electrons. The van der Waals surface area contributed by atoms with E-state index in [1.807, 2.05) is 0 Å². The molecule has 0 unspecified atom stereocenters. The van der Waals surface area contributed by atoms with E-state index in [1.165, 1.54) is 11.3 Å². The minimum absolute atomic E-state index is 0.0532. The van der Waals surface area contributed by atoms with Crippen LogP contribution in [0.4, 0.5) is 5.69 Å². The second kappa shape index (κ2) is 7.12. The van der Waals surface area contributed by atoms with E-state index in [0.29, 0.717) is 18.4 Å². The molecule has 0 saturated heterocycles. The average Bonchev–Trinajstić information content (AvgIpc) is 2.36. The number of hydrogen-bond donors (Lipinski definition) is 1. The number of nitrogens with two attached hydrogens (primary N) is 1. The third kappa shape index (κ3) is 4.24. The van der Waals surface area contributed by atoms with Gasteiger partial charge in [-0.3, -0.25) is 0 Å². The quantitative estimate of drug-likeness (QED) is 0.808. The highest BCUT2D eigenvalue weighted by Crippen LogP contribution is 2.33. The molecular weight excluding hydrogens is 244 g/mol. The maximum atomic E-state index is 6.23. The number of anilines is 1. The topological polar surface area (TPSA) is 29.3 Å². The smallest absolute Gasteiger partial charge is 0.0525 e. The highest BCUT2D eigenvalue weighted by Gasteiger charge is 2.34. The first-order chi connectivity index (χ1) is 9.30. The van der Waals surface area contributed by atoms with E-state index in [-0.39, 0.29) is 5.54 Å². The Morgan fingerprint density at radius 1 is 1.00 bits per heavy atom. The fourth-order valence-corrected chi connectivity index (χ4v) is 3.22. The molecule has 114 valence electrons. The van der Waals surface area contributed by atoms with Crippen LogP contribution in [0.25, 0.3) is 0 Å². The van der Waals surface area contributed by atoms with Gasteiger partial charge in [-0.05, 0) is 43.7 Å². The predicted octanol–water partition coefficient (Wildman–Crippen LogP) is 4.22. The Kier molecular flexibility index (Phi) is 6.07. The zero-order chi connectivity index (χ0) is 15.3. The van der Waals surface area contributed by atoms with Crippen molar-refractivity contribution in [3.8, 4) is 0 Å². The molecule has 0 fully saturated rings. The van der Waals surface area contributed by atoms with Crippen LogP contribution in [0.15, 0.2) is 24.3 Å². The SMILES string of the molecule is Cc1ccc(N(C)C(CN)(CC(C)C)CC(C)C)cc1. The minimum Gasteiger partial charge on any atom is -0.368 e. The van der Waals surface area contributed by atoms with Crippen LogP contribution in [0.2, 0.25) is 0 Å². The second-order valence-electron chi connectivity index (χ2n) is 7.02. The number of nitrogens with zero attached hydrogens (tertiary/aromatic N) is 1. The van der Waals surface area contributed by atoms with Crippen LogP contribution in [0.1, 0.15) is 46.1 Å². The third-order valence-electron chi connectivity index (χ3n) is 4.09. The Labute approximate surface area is 125 Å². The number of likely N-dealkylation sites (N-methyl/N-ethyl adjacent to an activating group) is 1. The van der Waals surface area contributed by atoms with Gasteiger partial charge in [0.2, 0.25) is 0 Å². The van der Waals surface area contributed by atoms with Crippen LogP contribution in [0, 0.1) is 18.8 Å². The Morgan fingerprint density at radius 2 is 1.45 bits per heavy atom. The van der Waals surface area contributed by atoms with Crippen LogP contribution in [0.3, 0.4) is 0 Å². The molecule has 1 aromatic rings. The molecular formula is C18H32N2. The summed E-state index contributed by atoms with van der Waals surface area (Å²) in [5, 5.41) is 0. The molecule has 0 aliphatic rings. The summed E-state index contributed by atoms with van der Waals surface area (Å²) < 4.78 is 0. The van der Waals surface area contributed by atoms with E-state index in [1.54, 1.807) is 0 Å². The van der Waals surface area contributed by atoms with Gasteiger partial charge in [-0.1, -0.05) is 45.4 Å². The van der Waals surface area contributed by atoms with Crippen molar-refractivity contribution < 1.29 is 0 Å². The Morgan fingerprint density at radius 3 is 1.80 bits per heavy atom. The zero-order valence-electron chi connectivity index (χ0n) is 14.1. The predicted molar refractivity (Wildman–Crippen MR) is 90.3 cm³/mol. The number of aryl methyl sites for hydroxylation is 1. The van der Waals surface area contributed by atoms with Gasteiger partial charge in [0.25, 0.3) is 0 Å². The zero-order valence-corrected chi connectivity index (χ0v) is 14.1. The average molecular weight is 276 g/mol. The molecule has 0 bridgehead atoms. The molecule has 1 rings (SSSR count). The van der Waals surface area contributed by atoms with Crippen LogP contribution < -0.4 is 10.6 Å². The van der Waals surface area contributed by atoms with Gasteiger partial charge in [-0.15, -0.1) is 0 Å². The summed E-state index contributed by atoms with van der Waals surface area (Å²) in [6, 6.07) is 8.77. The highest BCUT2D eigenvalue weighted by atomic mass is 15.2. The van der Waals surface area contributed by atoms with Crippen molar-refractivity contribution in [1.82, 2.24) is 0 Å². The summed E-state index contributed by atoms with van der Waals surface area (Å²) in [5.74, 6) is 1.29. The minimum atomic E-state index is 0.0532. The molecule has 0 amide bonds. The second-order valence-corrected chi connectivity index (χ2v) is 7.02. The fourth-order valence-electron chi connectivity index (χ4n) is 3.22. The molecule has 1 aromatic carbocycles. The molecule has 0 saturated carbocycles. The largest absolute Gasteiger partial charge is 0.368 e. The third-order valence-corrected chi connectivity index (χ3v) is 4.09. The summed E-state index contributed by atoms with van der Waals surface area (Å²) in [5.41, 5.74) is 8.85. The lowest BCUT2D eigenvalue weighted by Gasteiger charge is -2.45. The van der Waals surface area contributed by atoms with Crippen molar-refractivity contribution in [2.24, 2.45) is 17.6 Å². The lowest BCUT2D eigenvalue weighted by Crippen LogP contribution is -2.54. The van der Waals surface area contributed by atoms with E-state index in [9.17, 15) is 0 Å². The first kappa shape index (κ1) is 17.0. The van der Waals surface area contributed by atoms with E-state index in [4.69, 9.17) is 5.73 Å². The van der Waals surface area contributed by atoms with Crippen molar-refractivity contribution in [1.29, 1.82) is 0 Å². The van der Waals surface area contributed by atoms with Gasteiger partial charge < -0.3 is 10.6 Å². The molecule has 0 aliphatic heterocycles. The summed E-state index contributed by atoms with van der Waals surface area (Å²) in [4.78, 5) is 2.41. The maximum Gasteiger partial charge on any atom is 0.0525 e. The Balaban J connectivity index is 3.09. The van der Waals surface area contributed by atoms with Crippen LogP contribution in [0.5, 0.6) is 0 Å². The molecule has 2 nitrogen and oxygen atoms in total. The summed E-state index contributed by atoms with van der Waals surface area (Å²) in [6.07, 6.45) is 2.26. The standard InChI is InChI=1S/C18H32N2/c1-14(2)11-18(13-19,12-15(3)4)20(6)17-9-7-16(5)8-10-17/h7-10,14-15H,11-13,19H2,1-6H3. The van der Waals surface area contributed by atoms with Gasteiger partial charge in [0, 0.05) is 19.3 Å². The van der Waals surface area contributed by atoms with Gasteiger partial charge in [0.1, 0.15) is 0 Å². The fraction of sp³-hybridized carbons (Fsp3) is 0.667. The van der Waals surface area contributed by atoms with Gasteiger partial charge in [0.15, 0.2) is 0 Å². The molecule has 2 N–H and O–H groups in total. The molecule has 20 heavy (non-hydrogen) atoms. The highest BCUT2D eigenvalue weighted by molar-refractivity contribution is 5.49. The van der Waals surface area contributed by atoms with Crippen molar-refractivity contribution in [2.75, 3.05) is 18.5 Å². The molecule has 2 heteroatoms. The lowest BCUT2D eigenvalue weighted by molar-refractivity contribution is 0.280. The molecule has 0 aliphatic carbocycles. The number of benzene rings is 1. The number of hydrogen-bond acceptors (Lipinski definition) is 2.